The van der Waals surface area contributed by atoms with Crippen molar-refractivity contribution in [3.05, 3.63) is 54.0 Å². The molecule has 1 aliphatic heterocycles. The molecule has 0 unspecified atom stereocenters. The minimum absolute atomic E-state index is 0.0822. The van der Waals surface area contributed by atoms with Crippen LogP contribution in [0, 0.1) is 6.92 Å². The molecule has 2 aromatic heterocycles. The minimum Gasteiger partial charge on any atom is -0.316 e. The van der Waals surface area contributed by atoms with E-state index in [9.17, 15) is 8.42 Å². The van der Waals surface area contributed by atoms with Crippen molar-refractivity contribution in [1.82, 2.24) is 18.8 Å². The highest BCUT2D eigenvalue weighted by atomic mass is 32.2. The Morgan fingerprint density at radius 3 is 2.80 bits per heavy atom. The number of aryl methyl sites for hydroxylation is 2. The molecule has 3 heterocycles. The molecule has 1 aromatic carbocycles. The average Bonchev–Trinajstić information content (AvgIpc) is 3.21. The summed E-state index contributed by atoms with van der Waals surface area (Å²) in [5.74, 6) is 0.981. The molecule has 0 radical (unpaired) electrons. The molecule has 3 aromatic rings. The van der Waals surface area contributed by atoms with Gasteiger partial charge in [0.1, 0.15) is 11.3 Å². The third kappa shape index (κ3) is 2.73. The van der Waals surface area contributed by atoms with Crippen molar-refractivity contribution in [2.24, 2.45) is 7.05 Å². The summed E-state index contributed by atoms with van der Waals surface area (Å²) in [5, 5.41) is 0. The lowest BCUT2D eigenvalue weighted by Gasteiger charge is -2.17. The summed E-state index contributed by atoms with van der Waals surface area (Å²) in [7, 11) is -1.52. The van der Waals surface area contributed by atoms with E-state index < -0.39 is 10.0 Å². The van der Waals surface area contributed by atoms with Crippen LogP contribution in [0.15, 0.2) is 47.5 Å². The van der Waals surface area contributed by atoms with Crippen LogP contribution in [0.5, 0.6) is 0 Å². The Morgan fingerprint density at radius 2 is 2.04 bits per heavy atom. The van der Waals surface area contributed by atoms with Gasteiger partial charge in [-0.3, -0.25) is 0 Å². The lowest BCUT2D eigenvalue weighted by Crippen LogP contribution is -2.29. The molecule has 25 heavy (non-hydrogen) atoms. The van der Waals surface area contributed by atoms with Gasteiger partial charge in [0.25, 0.3) is 0 Å². The zero-order chi connectivity index (χ0) is 17.6. The molecule has 0 N–H and O–H groups in total. The van der Waals surface area contributed by atoms with Gasteiger partial charge in [-0.15, -0.1) is 0 Å². The van der Waals surface area contributed by atoms with Crippen LogP contribution in [0.25, 0.3) is 11.2 Å². The number of pyridine rings is 1. The topological polar surface area (TPSA) is 68.1 Å². The standard InChI is InChI=1S/C18H20N4O2S/c1-13-5-3-6-15(11-13)25(23,24)22-10-8-14(12-22)17-20-16-7-4-9-19-18(16)21(17)2/h3-7,9,11,14H,8,10,12H2,1-2H3/t14-/m1/s1. The molecule has 0 aliphatic carbocycles. The summed E-state index contributed by atoms with van der Waals surface area (Å²) in [6.07, 6.45) is 2.51. The number of sulfonamides is 1. The Hall–Kier alpha value is -2.25. The number of fused-ring (bicyclic) bond motifs is 1. The average molecular weight is 356 g/mol. The van der Waals surface area contributed by atoms with Crippen LogP contribution in [0.2, 0.25) is 0 Å². The van der Waals surface area contributed by atoms with Crippen LogP contribution in [-0.2, 0) is 17.1 Å². The van der Waals surface area contributed by atoms with Crippen molar-refractivity contribution in [2.45, 2.75) is 24.2 Å². The first kappa shape index (κ1) is 16.2. The summed E-state index contributed by atoms with van der Waals surface area (Å²) < 4.78 is 29.4. The molecule has 1 saturated heterocycles. The number of nitrogens with zero attached hydrogens (tertiary/aromatic N) is 4. The fourth-order valence-electron chi connectivity index (χ4n) is 3.49. The van der Waals surface area contributed by atoms with Crippen molar-refractivity contribution in [2.75, 3.05) is 13.1 Å². The zero-order valence-electron chi connectivity index (χ0n) is 14.3. The molecule has 4 rings (SSSR count). The highest BCUT2D eigenvalue weighted by Crippen LogP contribution is 2.31. The van der Waals surface area contributed by atoms with Gasteiger partial charge in [-0.05, 0) is 43.2 Å². The van der Waals surface area contributed by atoms with Gasteiger partial charge >= 0.3 is 0 Å². The molecule has 0 bridgehead atoms. The monoisotopic (exact) mass is 356 g/mol. The summed E-state index contributed by atoms with van der Waals surface area (Å²) in [6.45, 7) is 2.86. The maximum Gasteiger partial charge on any atom is 0.243 e. The normalized spacial score (nSPS) is 18.9. The van der Waals surface area contributed by atoms with E-state index in [2.05, 4.69) is 9.97 Å². The Morgan fingerprint density at radius 1 is 1.20 bits per heavy atom. The third-order valence-corrected chi connectivity index (χ3v) is 6.67. The molecule has 130 valence electrons. The highest BCUT2D eigenvalue weighted by Gasteiger charge is 2.35. The molecule has 0 amide bonds. The molecule has 7 heteroatoms. The van der Waals surface area contributed by atoms with Gasteiger partial charge in [-0.1, -0.05) is 12.1 Å². The Bertz CT molecular complexity index is 1040. The number of hydrogen-bond donors (Lipinski definition) is 0. The summed E-state index contributed by atoms with van der Waals surface area (Å²) in [4.78, 5) is 9.40. The van der Waals surface area contributed by atoms with E-state index in [1.807, 2.05) is 36.7 Å². The lowest BCUT2D eigenvalue weighted by atomic mass is 10.1. The predicted octanol–water partition coefficient (Wildman–Crippen LogP) is 2.45. The zero-order valence-corrected chi connectivity index (χ0v) is 15.1. The Labute approximate surface area is 147 Å². The molecular weight excluding hydrogens is 336 g/mol. The van der Waals surface area contributed by atoms with Crippen LogP contribution in [0.4, 0.5) is 0 Å². The third-order valence-electron chi connectivity index (χ3n) is 4.81. The van der Waals surface area contributed by atoms with E-state index in [-0.39, 0.29) is 5.92 Å². The van der Waals surface area contributed by atoms with Gasteiger partial charge in [-0.25, -0.2) is 18.4 Å². The number of aromatic nitrogens is 3. The first-order valence-electron chi connectivity index (χ1n) is 8.31. The van der Waals surface area contributed by atoms with Crippen molar-refractivity contribution in [3.63, 3.8) is 0 Å². The highest BCUT2D eigenvalue weighted by molar-refractivity contribution is 7.89. The maximum absolute atomic E-state index is 12.9. The van der Waals surface area contributed by atoms with E-state index in [1.54, 1.807) is 28.7 Å². The first-order valence-corrected chi connectivity index (χ1v) is 9.75. The van der Waals surface area contributed by atoms with Crippen molar-refractivity contribution < 1.29 is 8.42 Å². The quantitative estimate of drug-likeness (QED) is 0.723. The number of rotatable bonds is 3. The Kier molecular flexibility index (Phi) is 3.85. The summed E-state index contributed by atoms with van der Waals surface area (Å²) in [6, 6.07) is 10.9. The van der Waals surface area contributed by atoms with Crippen LogP contribution in [0.1, 0.15) is 23.7 Å². The van der Waals surface area contributed by atoms with Crippen LogP contribution >= 0.6 is 0 Å². The molecular formula is C18H20N4O2S. The van der Waals surface area contributed by atoms with Gasteiger partial charge in [-0.2, -0.15) is 4.31 Å². The van der Waals surface area contributed by atoms with E-state index in [0.29, 0.717) is 18.0 Å². The van der Waals surface area contributed by atoms with Crippen molar-refractivity contribution in [3.8, 4) is 0 Å². The SMILES string of the molecule is Cc1cccc(S(=O)(=O)N2CC[C@@H](c3nc4cccnc4n3C)C2)c1. The fraction of sp³-hybridized carbons (Fsp3) is 0.333. The van der Waals surface area contributed by atoms with Crippen LogP contribution < -0.4 is 0 Å². The van der Waals surface area contributed by atoms with Gasteiger partial charge in [0.2, 0.25) is 10.0 Å². The van der Waals surface area contributed by atoms with Crippen LogP contribution in [0.3, 0.4) is 0 Å². The number of imidazole rings is 1. The van der Waals surface area contributed by atoms with Gasteiger partial charge in [0.05, 0.1) is 4.90 Å². The number of benzene rings is 1. The van der Waals surface area contributed by atoms with E-state index in [0.717, 1.165) is 29.0 Å². The van der Waals surface area contributed by atoms with E-state index >= 15 is 0 Å². The maximum atomic E-state index is 12.9. The van der Waals surface area contributed by atoms with Crippen molar-refractivity contribution in [1.29, 1.82) is 0 Å². The fourth-order valence-corrected chi connectivity index (χ4v) is 5.09. The second kappa shape index (κ2) is 5.93. The Balaban J connectivity index is 1.63. The minimum atomic E-state index is -3.46. The van der Waals surface area contributed by atoms with Crippen molar-refractivity contribution >= 4 is 21.2 Å². The molecule has 0 spiro atoms. The van der Waals surface area contributed by atoms with E-state index in [1.165, 1.54) is 0 Å². The lowest BCUT2D eigenvalue weighted by molar-refractivity contribution is 0.470. The largest absolute Gasteiger partial charge is 0.316 e. The first-order chi connectivity index (χ1) is 12.0. The summed E-state index contributed by atoms with van der Waals surface area (Å²) >= 11 is 0. The van der Waals surface area contributed by atoms with E-state index in [4.69, 9.17) is 0 Å². The number of hydrogen-bond acceptors (Lipinski definition) is 4. The van der Waals surface area contributed by atoms with Gasteiger partial charge < -0.3 is 4.57 Å². The molecule has 1 aliphatic rings. The molecule has 1 fully saturated rings. The molecule has 6 nitrogen and oxygen atoms in total. The molecule has 0 saturated carbocycles. The van der Waals surface area contributed by atoms with Crippen LogP contribution in [-0.4, -0.2) is 40.3 Å². The second-order valence-corrected chi connectivity index (χ2v) is 8.48. The predicted molar refractivity (Wildman–Crippen MR) is 95.8 cm³/mol. The second-order valence-electron chi connectivity index (χ2n) is 6.54. The van der Waals surface area contributed by atoms with Gasteiger partial charge in [0, 0.05) is 32.3 Å². The molecule has 1 atom stereocenters. The van der Waals surface area contributed by atoms with Gasteiger partial charge in [0.15, 0.2) is 5.65 Å². The smallest absolute Gasteiger partial charge is 0.243 e. The summed E-state index contributed by atoms with van der Waals surface area (Å²) in [5.41, 5.74) is 2.62.